The number of nitrogens with two attached hydrogens (primary N) is 1. The van der Waals surface area contributed by atoms with E-state index in [2.05, 4.69) is 31.4 Å². The van der Waals surface area contributed by atoms with Crippen molar-refractivity contribution < 1.29 is 13.9 Å². The summed E-state index contributed by atoms with van der Waals surface area (Å²) >= 11 is 0. The fourth-order valence-corrected chi connectivity index (χ4v) is 3.99. The van der Waals surface area contributed by atoms with Crippen LogP contribution in [0.15, 0.2) is 36.5 Å². The lowest BCUT2D eigenvalue weighted by molar-refractivity contribution is 0.281. The zero-order chi connectivity index (χ0) is 24.9. The molecule has 9 nitrogen and oxygen atoms in total. The molecule has 0 aliphatic carbocycles. The minimum atomic E-state index is -0.557. The molecule has 0 saturated carbocycles. The topological polar surface area (TPSA) is 108 Å². The molecule has 0 radical (unpaired) electrons. The van der Waals surface area contributed by atoms with Gasteiger partial charge < -0.3 is 21.1 Å². The molecule has 1 aromatic carbocycles. The molecule has 1 saturated heterocycles. The standard InChI is InChI=1S/C24H30F2N8O/c1-16(15-35)29-22-13-23(31-24(27)30-22)34-17(2)18(14-28-34)4-3-5-32-6-8-33(9-7-32)21-11-19(25)10-20(26)12-21/h3-4,10-14,16,35H,5-9,15H2,1-2H3,(H3,27,29,30,31)/t16-/m0/s1. The van der Waals surface area contributed by atoms with Crippen molar-refractivity contribution in [2.24, 2.45) is 0 Å². The Kier molecular flexibility index (Phi) is 7.57. The molecule has 0 amide bonds. The Labute approximate surface area is 202 Å². The summed E-state index contributed by atoms with van der Waals surface area (Å²) < 4.78 is 28.7. The number of anilines is 3. The van der Waals surface area contributed by atoms with Crippen LogP contribution >= 0.6 is 0 Å². The number of hydrogen-bond acceptors (Lipinski definition) is 8. The normalized spacial score (nSPS) is 15.6. The first-order valence-electron chi connectivity index (χ1n) is 11.5. The zero-order valence-electron chi connectivity index (χ0n) is 19.8. The van der Waals surface area contributed by atoms with Gasteiger partial charge in [-0.25, -0.2) is 13.5 Å². The highest BCUT2D eigenvalue weighted by Crippen LogP contribution is 2.20. The molecule has 0 spiro atoms. The van der Waals surface area contributed by atoms with Crippen LogP contribution in [-0.2, 0) is 0 Å². The van der Waals surface area contributed by atoms with E-state index in [0.29, 0.717) is 30.4 Å². The number of benzene rings is 1. The van der Waals surface area contributed by atoms with Gasteiger partial charge in [-0.1, -0.05) is 12.2 Å². The molecule has 35 heavy (non-hydrogen) atoms. The van der Waals surface area contributed by atoms with Gasteiger partial charge in [-0.05, 0) is 26.0 Å². The van der Waals surface area contributed by atoms with Crippen LogP contribution in [0.25, 0.3) is 11.9 Å². The average Bonchev–Trinajstić information content (AvgIpc) is 3.18. The van der Waals surface area contributed by atoms with E-state index in [0.717, 1.165) is 37.0 Å². The van der Waals surface area contributed by atoms with Crippen molar-refractivity contribution >= 4 is 23.5 Å². The maximum Gasteiger partial charge on any atom is 0.224 e. The Bertz CT molecular complexity index is 1170. The highest BCUT2D eigenvalue weighted by molar-refractivity contribution is 5.54. The number of aliphatic hydroxyl groups is 1. The van der Waals surface area contributed by atoms with E-state index in [1.54, 1.807) is 16.9 Å². The third-order valence-corrected chi connectivity index (χ3v) is 5.91. The van der Waals surface area contributed by atoms with Crippen LogP contribution in [0.4, 0.5) is 26.2 Å². The van der Waals surface area contributed by atoms with E-state index >= 15 is 0 Å². The first-order chi connectivity index (χ1) is 16.8. The quantitative estimate of drug-likeness (QED) is 0.448. The summed E-state index contributed by atoms with van der Waals surface area (Å²) in [4.78, 5) is 12.7. The molecule has 1 fully saturated rings. The van der Waals surface area contributed by atoms with E-state index < -0.39 is 11.6 Å². The van der Waals surface area contributed by atoms with Gasteiger partial charge >= 0.3 is 0 Å². The van der Waals surface area contributed by atoms with Crippen LogP contribution < -0.4 is 16.0 Å². The Hall–Kier alpha value is -3.57. The molecule has 0 unspecified atom stereocenters. The molecular weight excluding hydrogens is 454 g/mol. The van der Waals surface area contributed by atoms with Gasteiger partial charge in [0.25, 0.3) is 0 Å². The van der Waals surface area contributed by atoms with Gasteiger partial charge in [0.1, 0.15) is 17.5 Å². The molecule has 1 aliphatic heterocycles. The van der Waals surface area contributed by atoms with Gasteiger partial charge in [-0.3, -0.25) is 4.90 Å². The number of piperazine rings is 1. The van der Waals surface area contributed by atoms with Crippen molar-refractivity contribution in [3.8, 4) is 5.82 Å². The Morgan fingerprint density at radius 1 is 1.11 bits per heavy atom. The number of rotatable bonds is 8. The SMILES string of the molecule is Cc1c(C=CCN2CCN(c3cc(F)cc(F)c3)CC2)cnn1-c1cc(N[C@@H](C)CO)nc(N)n1. The second-order valence-electron chi connectivity index (χ2n) is 8.61. The number of nitrogens with zero attached hydrogens (tertiary/aromatic N) is 6. The maximum atomic E-state index is 13.5. The van der Waals surface area contributed by atoms with Gasteiger partial charge in [-0.15, -0.1) is 0 Å². The Balaban J connectivity index is 1.36. The van der Waals surface area contributed by atoms with E-state index in [1.807, 2.05) is 24.8 Å². The summed E-state index contributed by atoms with van der Waals surface area (Å²) in [5.74, 6) is 0.0480. The van der Waals surface area contributed by atoms with Gasteiger partial charge in [-0.2, -0.15) is 15.1 Å². The highest BCUT2D eigenvalue weighted by atomic mass is 19.1. The molecule has 11 heteroatoms. The van der Waals surface area contributed by atoms with Crippen molar-refractivity contribution in [2.45, 2.75) is 19.9 Å². The van der Waals surface area contributed by atoms with Gasteiger partial charge in [0.05, 0.1) is 18.5 Å². The lowest BCUT2D eigenvalue weighted by atomic mass is 10.2. The number of hydrogen-bond donors (Lipinski definition) is 3. The van der Waals surface area contributed by atoms with Crippen LogP contribution in [0.3, 0.4) is 0 Å². The van der Waals surface area contributed by atoms with Crippen LogP contribution in [0.1, 0.15) is 18.2 Å². The number of nitrogens with one attached hydrogen (secondary N) is 1. The van der Waals surface area contributed by atoms with Crippen LogP contribution in [0.2, 0.25) is 0 Å². The van der Waals surface area contributed by atoms with Gasteiger partial charge in [0.15, 0.2) is 5.82 Å². The summed E-state index contributed by atoms with van der Waals surface area (Å²) in [5, 5.41) is 16.8. The van der Waals surface area contributed by atoms with E-state index in [1.165, 1.54) is 12.1 Å². The molecule has 3 heterocycles. The number of aromatic nitrogens is 4. The first-order valence-corrected chi connectivity index (χ1v) is 11.5. The summed E-state index contributed by atoms with van der Waals surface area (Å²) in [6, 6.07) is 5.20. The molecule has 186 valence electrons. The summed E-state index contributed by atoms with van der Waals surface area (Å²) in [5.41, 5.74) is 8.30. The lowest BCUT2D eigenvalue weighted by Gasteiger charge is -2.35. The largest absolute Gasteiger partial charge is 0.394 e. The first kappa shape index (κ1) is 24.6. The third kappa shape index (κ3) is 6.11. The fraction of sp³-hybridized carbons (Fsp3) is 0.375. The van der Waals surface area contributed by atoms with Gasteiger partial charge in [0, 0.05) is 62.1 Å². The second-order valence-corrected chi connectivity index (χ2v) is 8.61. The summed E-state index contributed by atoms with van der Waals surface area (Å²) in [6.45, 7) is 7.50. The molecule has 1 aliphatic rings. The summed E-state index contributed by atoms with van der Waals surface area (Å²) in [6.07, 6.45) is 5.87. The molecule has 3 aromatic rings. The van der Waals surface area contributed by atoms with Gasteiger partial charge in [0.2, 0.25) is 5.95 Å². The summed E-state index contributed by atoms with van der Waals surface area (Å²) in [7, 11) is 0. The molecule has 0 bridgehead atoms. The van der Waals surface area contributed by atoms with Crippen LogP contribution in [0, 0.1) is 18.6 Å². The van der Waals surface area contributed by atoms with Crippen molar-refractivity contribution in [3.63, 3.8) is 0 Å². The van der Waals surface area contributed by atoms with Crippen molar-refractivity contribution in [1.82, 2.24) is 24.6 Å². The van der Waals surface area contributed by atoms with Crippen molar-refractivity contribution in [3.05, 3.63) is 59.4 Å². The Morgan fingerprint density at radius 3 is 2.51 bits per heavy atom. The molecule has 1 atom stereocenters. The van der Waals surface area contributed by atoms with E-state index in [4.69, 9.17) is 5.73 Å². The molecular formula is C24H30F2N8O. The van der Waals surface area contributed by atoms with Crippen LogP contribution in [-0.4, -0.2) is 75.1 Å². The smallest absolute Gasteiger partial charge is 0.224 e. The number of halogens is 2. The lowest BCUT2D eigenvalue weighted by Crippen LogP contribution is -2.46. The maximum absolute atomic E-state index is 13.5. The number of aliphatic hydroxyl groups excluding tert-OH is 1. The van der Waals surface area contributed by atoms with E-state index in [9.17, 15) is 13.9 Å². The molecule has 2 aromatic heterocycles. The van der Waals surface area contributed by atoms with Crippen molar-refractivity contribution in [1.29, 1.82) is 0 Å². The Morgan fingerprint density at radius 2 is 1.83 bits per heavy atom. The second kappa shape index (κ2) is 10.8. The molecule has 4 N–H and O–H groups in total. The minimum Gasteiger partial charge on any atom is -0.394 e. The number of nitrogen functional groups attached to an aromatic ring is 1. The highest BCUT2D eigenvalue weighted by Gasteiger charge is 2.18. The van der Waals surface area contributed by atoms with E-state index in [-0.39, 0.29) is 18.6 Å². The predicted molar refractivity (Wildman–Crippen MR) is 133 cm³/mol. The van der Waals surface area contributed by atoms with Crippen LogP contribution in [0.5, 0.6) is 0 Å². The molecule has 4 rings (SSSR count). The van der Waals surface area contributed by atoms with Crippen molar-refractivity contribution in [2.75, 3.05) is 55.3 Å². The fourth-order valence-electron chi connectivity index (χ4n) is 3.99. The zero-order valence-corrected chi connectivity index (χ0v) is 19.8. The monoisotopic (exact) mass is 484 g/mol. The minimum absolute atomic E-state index is 0.0343. The third-order valence-electron chi connectivity index (χ3n) is 5.91. The average molecular weight is 485 g/mol. The predicted octanol–water partition coefficient (Wildman–Crippen LogP) is 2.46.